The van der Waals surface area contributed by atoms with Gasteiger partial charge in [-0.1, -0.05) is 12.8 Å². The van der Waals surface area contributed by atoms with Gasteiger partial charge in [0.05, 0.1) is 19.8 Å². The standard InChI is InChI=1S/C21H31N3O3/c1-22-20(23-12-14-26-16-7-5-15(25-2)6-8-16)24-18-17-9-13-27-19(17)21(18)10-3-4-11-21/h5-8,17-19H,3-4,9-14H2,1-2H3,(H2,22,23,24). The summed E-state index contributed by atoms with van der Waals surface area (Å²) in [6, 6.07) is 8.14. The van der Waals surface area contributed by atoms with Crippen LogP contribution < -0.4 is 20.1 Å². The van der Waals surface area contributed by atoms with Crippen molar-refractivity contribution in [2.45, 2.75) is 44.2 Å². The molecule has 1 heterocycles. The Balaban J connectivity index is 1.26. The summed E-state index contributed by atoms with van der Waals surface area (Å²) in [5.74, 6) is 3.18. The summed E-state index contributed by atoms with van der Waals surface area (Å²) in [4.78, 5) is 4.43. The van der Waals surface area contributed by atoms with Gasteiger partial charge in [0.25, 0.3) is 0 Å². The van der Waals surface area contributed by atoms with Crippen molar-refractivity contribution in [3.63, 3.8) is 0 Å². The van der Waals surface area contributed by atoms with E-state index in [-0.39, 0.29) is 0 Å². The fourth-order valence-electron chi connectivity index (χ4n) is 5.26. The van der Waals surface area contributed by atoms with E-state index in [2.05, 4.69) is 15.6 Å². The van der Waals surface area contributed by atoms with Gasteiger partial charge in [-0.25, -0.2) is 0 Å². The molecule has 27 heavy (non-hydrogen) atoms. The average Bonchev–Trinajstić information content (AvgIpc) is 3.37. The van der Waals surface area contributed by atoms with Gasteiger partial charge >= 0.3 is 0 Å². The van der Waals surface area contributed by atoms with E-state index in [0.717, 1.165) is 24.1 Å². The van der Waals surface area contributed by atoms with E-state index >= 15 is 0 Å². The van der Waals surface area contributed by atoms with E-state index in [9.17, 15) is 0 Å². The molecule has 6 heteroatoms. The molecule has 3 unspecified atom stereocenters. The molecule has 1 aromatic carbocycles. The zero-order chi connectivity index (χ0) is 18.7. The van der Waals surface area contributed by atoms with Crippen LogP contribution in [0, 0.1) is 11.3 Å². The summed E-state index contributed by atoms with van der Waals surface area (Å²) in [7, 11) is 3.50. The minimum absolute atomic E-state index is 0.332. The number of hydrogen-bond acceptors (Lipinski definition) is 4. The zero-order valence-corrected chi connectivity index (χ0v) is 16.4. The molecule has 1 spiro atoms. The van der Waals surface area contributed by atoms with Crippen LogP contribution in [0.4, 0.5) is 0 Å². The Hall–Kier alpha value is -1.95. The van der Waals surface area contributed by atoms with Gasteiger partial charge < -0.3 is 24.8 Å². The van der Waals surface area contributed by atoms with Crippen LogP contribution in [0.15, 0.2) is 29.3 Å². The van der Waals surface area contributed by atoms with Crippen LogP contribution in [0.25, 0.3) is 0 Å². The number of guanidine groups is 1. The predicted octanol–water partition coefficient (Wildman–Crippen LogP) is 2.59. The molecule has 4 rings (SSSR count). The SMILES string of the molecule is CN=C(NCCOc1ccc(OC)cc1)NC1C2CCOC2C12CCCC2. The van der Waals surface area contributed by atoms with E-state index in [0.29, 0.717) is 36.6 Å². The highest BCUT2D eigenvalue weighted by molar-refractivity contribution is 5.80. The number of fused-ring (bicyclic) bond motifs is 2. The molecular formula is C21H31N3O3. The van der Waals surface area contributed by atoms with Crippen molar-refractivity contribution in [3.05, 3.63) is 24.3 Å². The lowest BCUT2D eigenvalue weighted by molar-refractivity contribution is -0.125. The Morgan fingerprint density at radius 1 is 1.22 bits per heavy atom. The first-order valence-electron chi connectivity index (χ1n) is 10.1. The molecule has 148 valence electrons. The maximum Gasteiger partial charge on any atom is 0.191 e. The van der Waals surface area contributed by atoms with Gasteiger partial charge in [-0.3, -0.25) is 4.99 Å². The number of nitrogens with one attached hydrogen (secondary N) is 2. The van der Waals surface area contributed by atoms with Crippen LogP contribution >= 0.6 is 0 Å². The summed E-state index contributed by atoms with van der Waals surface area (Å²) in [5, 5.41) is 7.10. The second-order valence-corrected chi connectivity index (χ2v) is 7.83. The quantitative estimate of drug-likeness (QED) is 0.456. The highest BCUT2D eigenvalue weighted by atomic mass is 16.5. The summed E-state index contributed by atoms with van der Waals surface area (Å²) >= 11 is 0. The topological polar surface area (TPSA) is 64.1 Å². The number of nitrogens with zero attached hydrogens (tertiary/aromatic N) is 1. The third kappa shape index (κ3) is 3.47. The van der Waals surface area contributed by atoms with Crippen molar-refractivity contribution in [3.8, 4) is 11.5 Å². The summed E-state index contributed by atoms with van der Waals surface area (Å²) in [6.45, 7) is 2.20. The first kappa shape index (κ1) is 18.4. The summed E-state index contributed by atoms with van der Waals surface area (Å²) in [6.07, 6.45) is 6.85. The number of ether oxygens (including phenoxy) is 3. The van der Waals surface area contributed by atoms with E-state index < -0.39 is 0 Å². The van der Waals surface area contributed by atoms with Gasteiger partial charge in [0.2, 0.25) is 0 Å². The second kappa shape index (κ2) is 7.97. The van der Waals surface area contributed by atoms with Gasteiger partial charge in [0.1, 0.15) is 18.1 Å². The smallest absolute Gasteiger partial charge is 0.191 e. The van der Waals surface area contributed by atoms with Crippen molar-refractivity contribution in [1.29, 1.82) is 0 Å². The highest BCUT2D eigenvalue weighted by Gasteiger charge is 2.65. The molecule has 1 aromatic rings. The summed E-state index contributed by atoms with van der Waals surface area (Å²) in [5.41, 5.74) is 0.332. The van der Waals surface area contributed by atoms with E-state index in [1.165, 1.54) is 32.1 Å². The normalized spacial score (nSPS) is 28.5. The maximum atomic E-state index is 6.07. The van der Waals surface area contributed by atoms with Crippen molar-refractivity contribution in [1.82, 2.24) is 10.6 Å². The second-order valence-electron chi connectivity index (χ2n) is 7.83. The first-order chi connectivity index (χ1) is 13.3. The molecule has 1 saturated heterocycles. The zero-order valence-electron chi connectivity index (χ0n) is 16.4. The van der Waals surface area contributed by atoms with E-state index in [1.54, 1.807) is 7.11 Å². The number of hydrogen-bond donors (Lipinski definition) is 2. The fraction of sp³-hybridized carbons (Fsp3) is 0.667. The molecule has 0 aromatic heterocycles. The first-order valence-corrected chi connectivity index (χ1v) is 10.1. The van der Waals surface area contributed by atoms with Crippen LogP contribution in [-0.2, 0) is 4.74 Å². The molecule has 0 radical (unpaired) electrons. The van der Waals surface area contributed by atoms with E-state index in [1.807, 2.05) is 31.3 Å². The third-order valence-electron chi connectivity index (χ3n) is 6.52. The molecule has 0 bridgehead atoms. The third-order valence-corrected chi connectivity index (χ3v) is 6.52. The van der Waals surface area contributed by atoms with Crippen LogP contribution in [0.3, 0.4) is 0 Å². The van der Waals surface area contributed by atoms with Crippen LogP contribution in [-0.4, -0.2) is 52.0 Å². The van der Waals surface area contributed by atoms with Crippen LogP contribution in [0.5, 0.6) is 11.5 Å². The highest BCUT2D eigenvalue weighted by Crippen LogP contribution is 2.60. The van der Waals surface area contributed by atoms with Gasteiger partial charge in [-0.15, -0.1) is 0 Å². The lowest BCUT2D eigenvalue weighted by Gasteiger charge is -2.57. The van der Waals surface area contributed by atoms with Gasteiger partial charge in [-0.05, 0) is 43.5 Å². The Labute approximate surface area is 161 Å². The number of methoxy groups -OCH3 is 1. The van der Waals surface area contributed by atoms with Crippen molar-refractivity contribution >= 4 is 5.96 Å². The molecule has 3 aliphatic rings. The Morgan fingerprint density at radius 2 is 1.96 bits per heavy atom. The molecule has 6 nitrogen and oxygen atoms in total. The molecule has 0 amide bonds. The lowest BCUT2D eigenvalue weighted by atomic mass is 9.54. The monoisotopic (exact) mass is 373 g/mol. The Morgan fingerprint density at radius 3 is 2.67 bits per heavy atom. The van der Waals surface area contributed by atoms with Gasteiger partial charge in [0, 0.05) is 31.0 Å². The number of rotatable bonds is 6. The Kier molecular flexibility index (Phi) is 5.43. The molecular weight excluding hydrogens is 342 g/mol. The Bertz CT molecular complexity index is 655. The minimum atomic E-state index is 0.332. The lowest BCUT2D eigenvalue weighted by Crippen LogP contribution is -2.69. The van der Waals surface area contributed by atoms with Gasteiger partial charge in [0.15, 0.2) is 5.96 Å². The van der Waals surface area contributed by atoms with Crippen molar-refractivity contribution in [2.75, 3.05) is 33.9 Å². The maximum absolute atomic E-state index is 6.07. The van der Waals surface area contributed by atoms with Crippen LogP contribution in [0.1, 0.15) is 32.1 Å². The molecule has 2 N–H and O–H groups in total. The van der Waals surface area contributed by atoms with Crippen LogP contribution in [0.2, 0.25) is 0 Å². The van der Waals surface area contributed by atoms with E-state index in [4.69, 9.17) is 14.2 Å². The molecule has 3 fully saturated rings. The molecule has 3 atom stereocenters. The van der Waals surface area contributed by atoms with Crippen molar-refractivity contribution in [2.24, 2.45) is 16.3 Å². The fourth-order valence-corrected chi connectivity index (χ4v) is 5.26. The average molecular weight is 373 g/mol. The molecule has 2 aliphatic carbocycles. The summed E-state index contributed by atoms with van der Waals surface area (Å²) < 4.78 is 17.0. The molecule has 1 aliphatic heterocycles. The number of benzene rings is 1. The van der Waals surface area contributed by atoms with Crippen molar-refractivity contribution < 1.29 is 14.2 Å². The molecule has 2 saturated carbocycles. The minimum Gasteiger partial charge on any atom is -0.497 e. The largest absolute Gasteiger partial charge is 0.497 e. The number of aliphatic imine (C=N–C) groups is 1. The van der Waals surface area contributed by atoms with Gasteiger partial charge in [-0.2, -0.15) is 0 Å². The predicted molar refractivity (Wildman–Crippen MR) is 106 cm³/mol.